The molecule has 1 aromatic heterocycles. The summed E-state index contributed by atoms with van der Waals surface area (Å²) in [5.41, 5.74) is -1.78. The molecule has 1 aromatic carbocycles. The molecule has 2 rings (SSSR count). The highest BCUT2D eigenvalue weighted by Gasteiger charge is 2.48. The average molecular weight is 398 g/mol. The van der Waals surface area contributed by atoms with Crippen molar-refractivity contribution in [1.29, 1.82) is 0 Å². The van der Waals surface area contributed by atoms with E-state index >= 15 is 0 Å². The van der Waals surface area contributed by atoms with Gasteiger partial charge < -0.3 is 0 Å². The molecule has 0 unspecified atom stereocenters. The first-order chi connectivity index (χ1) is 11.8. The van der Waals surface area contributed by atoms with Crippen LogP contribution >= 0.6 is 0 Å². The minimum atomic E-state index is -5.05. The molecule has 0 aliphatic heterocycles. The van der Waals surface area contributed by atoms with E-state index in [-0.39, 0.29) is 4.31 Å². The molecule has 11 heteroatoms. The van der Waals surface area contributed by atoms with Crippen LogP contribution in [0.4, 0.5) is 26.3 Å². The van der Waals surface area contributed by atoms with Crippen molar-refractivity contribution in [3.8, 4) is 0 Å². The molecular formula is C15H12F6N2O2S. The van der Waals surface area contributed by atoms with Gasteiger partial charge in [0.05, 0.1) is 5.56 Å². The lowest BCUT2D eigenvalue weighted by molar-refractivity contribution is -0.171. The molecule has 1 heterocycles. The van der Waals surface area contributed by atoms with Crippen LogP contribution < -0.4 is 0 Å². The van der Waals surface area contributed by atoms with E-state index in [1.54, 1.807) is 0 Å². The van der Waals surface area contributed by atoms with Gasteiger partial charge in [0.1, 0.15) is 10.9 Å². The number of alkyl halides is 6. The van der Waals surface area contributed by atoms with Crippen molar-refractivity contribution >= 4 is 10.0 Å². The first-order valence-corrected chi connectivity index (χ1v) is 8.41. The van der Waals surface area contributed by atoms with E-state index in [1.807, 2.05) is 0 Å². The van der Waals surface area contributed by atoms with Gasteiger partial charge in [-0.15, -0.1) is 0 Å². The fourth-order valence-electron chi connectivity index (χ4n) is 2.26. The molecule has 0 N–H and O–H groups in total. The summed E-state index contributed by atoms with van der Waals surface area (Å²) in [5.74, 6) is 0. The fraction of sp³-hybridized carbons (Fsp3) is 0.267. The summed E-state index contributed by atoms with van der Waals surface area (Å²) in [6, 6.07) is 1.81. The second-order valence-corrected chi connectivity index (χ2v) is 7.27. The predicted molar refractivity (Wildman–Crippen MR) is 79.4 cm³/mol. The number of hydrogen-bond donors (Lipinski definition) is 0. The Labute approximate surface area is 145 Å². The maximum atomic E-state index is 13.5. The monoisotopic (exact) mass is 398 g/mol. The normalized spacial score (nSPS) is 14.5. The lowest BCUT2D eigenvalue weighted by Gasteiger charge is -2.29. The first-order valence-electron chi connectivity index (χ1n) is 6.97. The number of sulfonamides is 1. The SMILES string of the molecule is CN([C@H](c1ccc(C(F)(F)F)cc1)C(F)(F)F)S(=O)(=O)c1cccnc1. The molecular weight excluding hydrogens is 386 g/mol. The minimum Gasteiger partial charge on any atom is -0.263 e. The summed E-state index contributed by atoms with van der Waals surface area (Å²) in [6.07, 6.45) is -7.65. The maximum Gasteiger partial charge on any atom is 0.416 e. The van der Waals surface area contributed by atoms with Crippen LogP contribution in [0.3, 0.4) is 0 Å². The molecule has 142 valence electrons. The maximum absolute atomic E-state index is 13.5. The number of pyridine rings is 1. The molecule has 1 atom stereocenters. The Hall–Kier alpha value is -2.14. The van der Waals surface area contributed by atoms with E-state index < -0.39 is 44.4 Å². The summed E-state index contributed by atoms with van der Waals surface area (Å²) in [4.78, 5) is 3.09. The molecule has 0 amide bonds. The van der Waals surface area contributed by atoms with E-state index in [1.165, 1.54) is 12.3 Å². The van der Waals surface area contributed by atoms with E-state index in [4.69, 9.17) is 0 Å². The van der Waals surface area contributed by atoms with Crippen molar-refractivity contribution in [3.63, 3.8) is 0 Å². The van der Waals surface area contributed by atoms with Crippen LogP contribution in [0.25, 0.3) is 0 Å². The highest BCUT2D eigenvalue weighted by atomic mass is 32.2. The van der Waals surface area contributed by atoms with Crippen molar-refractivity contribution in [2.75, 3.05) is 7.05 Å². The Morgan fingerprint density at radius 2 is 1.58 bits per heavy atom. The summed E-state index contributed by atoms with van der Waals surface area (Å²) in [5, 5.41) is 0. The van der Waals surface area contributed by atoms with E-state index in [2.05, 4.69) is 4.98 Å². The van der Waals surface area contributed by atoms with E-state index in [9.17, 15) is 34.8 Å². The summed E-state index contributed by atoms with van der Waals surface area (Å²) in [7, 11) is -3.87. The molecule has 0 radical (unpaired) electrons. The van der Waals surface area contributed by atoms with Crippen LogP contribution in [-0.2, 0) is 16.2 Å². The Balaban J connectivity index is 2.49. The van der Waals surface area contributed by atoms with Gasteiger partial charge in [-0.25, -0.2) is 8.42 Å². The second kappa shape index (κ2) is 6.88. The van der Waals surface area contributed by atoms with Crippen LogP contribution in [0.5, 0.6) is 0 Å². The van der Waals surface area contributed by atoms with Gasteiger partial charge in [-0.2, -0.15) is 30.6 Å². The topological polar surface area (TPSA) is 50.3 Å². The third-order valence-electron chi connectivity index (χ3n) is 3.54. The highest BCUT2D eigenvalue weighted by Crippen LogP contribution is 2.40. The Bertz CT molecular complexity index is 848. The van der Waals surface area contributed by atoms with Gasteiger partial charge in [-0.05, 0) is 29.8 Å². The Morgan fingerprint density at radius 1 is 1.00 bits per heavy atom. The van der Waals surface area contributed by atoms with Crippen LogP contribution in [0, 0.1) is 0 Å². The quantitative estimate of drug-likeness (QED) is 0.731. The lowest BCUT2D eigenvalue weighted by Crippen LogP contribution is -2.39. The first kappa shape index (κ1) is 20.2. The van der Waals surface area contributed by atoms with Gasteiger partial charge in [0.15, 0.2) is 0 Å². The zero-order valence-corrected chi connectivity index (χ0v) is 13.9. The standard InChI is InChI=1S/C15H12F6N2O2S/c1-23(26(24,25)12-3-2-8-22-9-12)13(15(19,20)21)10-4-6-11(7-5-10)14(16,17)18/h2-9,13H,1H3/t13-/m1/s1. The number of hydrogen-bond acceptors (Lipinski definition) is 3. The summed E-state index contributed by atoms with van der Waals surface area (Å²) in [6.45, 7) is 0. The smallest absolute Gasteiger partial charge is 0.263 e. The third-order valence-corrected chi connectivity index (χ3v) is 5.35. The average Bonchev–Trinajstić information content (AvgIpc) is 2.54. The molecule has 0 aliphatic carbocycles. The lowest BCUT2D eigenvalue weighted by atomic mass is 10.0. The number of nitrogens with zero attached hydrogens (tertiary/aromatic N) is 2. The third kappa shape index (κ3) is 4.15. The zero-order valence-electron chi connectivity index (χ0n) is 13.1. The molecule has 0 fully saturated rings. The molecule has 26 heavy (non-hydrogen) atoms. The van der Waals surface area contributed by atoms with Crippen LogP contribution in [0.2, 0.25) is 0 Å². The van der Waals surface area contributed by atoms with Gasteiger partial charge in [-0.1, -0.05) is 12.1 Å². The Morgan fingerprint density at radius 3 is 2.00 bits per heavy atom. The van der Waals surface area contributed by atoms with E-state index in [0.29, 0.717) is 31.3 Å². The van der Waals surface area contributed by atoms with Crippen LogP contribution in [-0.4, -0.2) is 30.9 Å². The minimum absolute atomic E-state index is 0.0621. The van der Waals surface area contributed by atoms with Crippen molar-refractivity contribution in [2.24, 2.45) is 0 Å². The molecule has 2 aromatic rings. The summed E-state index contributed by atoms with van der Waals surface area (Å²) < 4.78 is 103. The van der Waals surface area contributed by atoms with Gasteiger partial charge in [0.2, 0.25) is 10.0 Å². The molecule has 0 aliphatic rings. The second-order valence-electron chi connectivity index (χ2n) is 5.27. The van der Waals surface area contributed by atoms with Gasteiger partial charge in [0.25, 0.3) is 0 Å². The van der Waals surface area contributed by atoms with Crippen molar-refractivity contribution in [3.05, 3.63) is 59.9 Å². The van der Waals surface area contributed by atoms with Crippen molar-refractivity contribution < 1.29 is 34.8 Å². The molecule has 0 saturated carbocycles. The molecule has 0 spiro atoms. The number of halogens is 6. The largest absolute Gasteiger partial charge is 0.416 e. The highest BCUT2D eigenvalue weighted by molar-refractivity contribution is 7.89. The van der Waals surface area contributed by atoms with Gasteiger partial charge in [0, 0.05) is 19.4 Å². The Kier molecular flexibility index (Phi) is 5.34. The van der Waals surface area contributed by atoms with Gasteiger partial charge >= 0.3 is 12.4 Å². The molecule has 0 saturated heterocycles. The van der Waals surface area contributed by atoms with Crippen molar-refractivity contribution in [2.45, 2.75) is 23.3 Å². The molecule has 4 nitrogen and oxygen atoms in total. The zero-order chi connectivity index (χ0) is 19.8. The van der Waals surface area contributed by atoms with Crippen LogP contribution in [0.15, 0.2) is 53.7 Å². The molecule has 0 bridgehead atoms. The van der Waals surface area contributed by atoms with E-state index in [0.717, 1.165) is 12.3 Å². The fourth-order valence-corrected chi connectivity index (χ4v) is 3.56. The number of rotatable bonds is 4. The summed E-state index contributed by atoms with van der Waals surface area (Å²) >= 11 is 0. The van der Waals surface area contributed by atoms with Gasteiger partial charge in [-0.3, -0.25) is 4.98 Å². The number of aromatic nitrogens is 1. The van der Waals surface area contributed by atoms with Crippen molar-refractivity contribution in [1.82, 2.24) is 9.29 Å². The van der Waals surface area contributed by atoms with Crippen LogP contribution in [0.1, 0.15) is 17.2 Å². The predicted octanol–water partition coefficient (Wildman–Crippen LogP) is 4.02. The number of benzene rings is 1.